The molecule has 1 rings (SSSR count). The number of nitrogens with zero attached hydrogens (tertiary/aromatic N) is 2. The van der Waals surface area contributed by atoms with Gasteiger partial charge in [-0.3, -0.25) is 24.2 Å². The van der Waals surface area contributed by atoms with Gasteiger partial charge in [-0.15, -0.1) is 0 Å². The third-order valence-corrected chi connectivity index (χ3v) is 5.24. The third kappa shape index (κ3) is 11.7. The topological polar surface area (TPSA) is 301 Å². The second kappa shape index (κ2) is 15.8. The molecular weight excluding hydrogens is 506 g/mol. The highest BCUT2D eigenvalue weighted by Gasteiger charge is 2.33. The van der Waals surface area contributed by atoms with Gasteiger partial charge in [0.1, 0.15) is 18.1 Å². The molecule has 3 amide bonds. The smallest absolute Gasteiger partial charge is 0.326 e. The number of aliphatic carboxylic acids is 2. The van der Waals surface area contributed by atoms with Crippen molar-refractivity contribution in [2.45, 2.75) is 69.3 Å². The molecule has 1 heterocycles. The fraction of sp³-hybridized carbons (Fsp3) is 0.571. The van der Waals surface area contributed by atoms with Crippen LogP contribution in [-0.4, -0.2) is 97.7 Å². The number of H-pyrrole nitrogens is 1. The fourth-order valence-electron chi connectivity index (χ4n) is 3.20. The SMILES string of the molecule is CC(O)C(NC(=O)C(CCC(=O)O)NC(=O)C(N)CCCN=C(N)N)C(=O)NC(Cc1cnc[nH]1)C(=O)O. The zero-order valence-electron chi connectivity index (χ0n) is 20.8. The number of aliphatic hydroxyl groups is 1. The molecule has 38 heavy (non-hydrogen) atoms. The Balaban J connectivity index is 2.90. The maximum absolute atomic E-state index is 12.9. The van der Waals surface area contributed by atoms with E-state index in [2.05, 4.69) is 30.9 Å². The molecule has 1 aromatic heterocycles. The number of nitrogens with two attached hydrogens (primary N) is 3. The summed E-state index contributed by atoms with van der Waals surface area (Å²) in [6.45, 7) is 1.40. The Bertz CT molecular complexity index is 979. The second-order valence-corrected chi connectivity index (χ2v) is 8.46. The molecule has 0 radical (unpaired) electrons. The van der Waals surface area contributed by atoms with E-state index in [0.717, 1.165) is 0 Å². The number of aromatic amines is 1. The molecule has 0 aromatic carbocycles. The minimum absolute atomic E-state index is 0.124. The van der Waals surface area contributed by atoms with E-state index < -0.39 is 66.4 Å². The molecule has 17 nitrogen and oxygen atoms in total. The van der Waals surface area contributed by atoms with Crippen LogP contribution in [0.25, 0.3) is 0 Å². The van der Waals surface area contributed by atoms with Gasteiger partial charge in [-0.25, -0.2) is 9.78 Å². The van der Waals surface area contributed by atoms with Crippen LogP contribution in [0.1, 0.15) is 38.3 Å². The number of nitrogens with one attached hydrogen (secondary N) is 4. The first kappa shape index (κ1) is 31.8. The van der Waals surface area contributed by atoms with Crippen LogP contribution in [0.2, 0.25) is 0 Å². The molecule has 5 unspecified atom stereocenters. The van der Waals surface area contributed by atoms with E-state index in [-0.39, 0.29) is 31.8 Å². The molecule has 0 aliphatic heterocycles. The molecule has 13 N–H and O–H groups in total. The van der Waals surface area contributed by atoms with Gasteiger partial charge >= 0.3 is 11.9 Å². The van der Waals surface area contributed by atoms with Crippen LogP contribution in [0.15, 0.2) is 17.5 Å². The van der Waals surface area contributed by atoms with Crippen LogP contribution < -0.4 is 33.2 Å². The summed E-state index contributed by atoms with van der Waals surface area (Å²) in [4.78, 5) is 71.1. The largest absolute Gasteiger partial charge is 0.481 e. The minimum Gasteiger partial charge on any atom is -0.481 e. The van der Waals surface area contributed by atoms with Crippen molar-refractivity contribution in [1.82, 2.24) is 25.9 Å². The molecule has 0 aliphatic carbocycles. The van der Waals surface area contributed by atoms with Crippen molar-refractivity contribution < 1.29 is 39.3 Å². The number of hydrogen-bond donors (Lipinski definition) is 10. The number of aliphatic imine (C=N–C) groups is 1. The number of aromatic nitrogens is 2. The zero-order chi connectivity index (χ0) is 28.8. The van der Waals surface area contributed by atoms with Crippen molar-refractivity contribution in [3.8, 4) is 0 Å². The van der Waals surface area contributed by atoms with Crippen molar-refractivity contribution in [3.63, 3.8) is 0 Å². The molecule has 0 aliphatic rings. The highest BCUT2D eigenvalue weighted by molar-refractivity contribution is 5.94. The molecule has 0 saturated heterocycles. The molecule has 0 fully saturated rings. The Morgan fingerprint density at radius 1 is 1.03 bits per heavy atom. The lowest BCUT2D eigenvalue weighted by Crippen LogP contribution is -2.60. The first-order valence-electron chi connectivity index (χ1n) is 11.6. The number of carbonyl (C=O) groups is 5. The summed E-state index contributed by atoms with van der Waals surface area (Å²) >= 11 is 0. The monoisotopic (exact) mass is 541 g/mol. The van der Waals surface area contributed by atoms with Crippen LogP contribution in [0.4, 0.5) is 0 Å². The number of aliphatic hydroxyl groups excluding tert-OH is 1. The lowest BCUT2D eigenvalue weighted by Gasteiger charge is -2.26. The Labute approximate surface area is 217 Å². The highest BCUT2D eigenvalue weighted by atomic mass is 16.4. The summed E-state index contributed by atoms with van der Waals surface area (Å²) in [5.41, 5.74) is 16.7. The van der Waals surface area contributed by atoms with E-state index in [1.54, 1.807) is 0 Å². The predicted octanol–water partition coefficient (Wildman–Crippen LogP) is -3.88. The van der Waals surface area contributed by atoms with Crippen molar-refractivity contribution in [1.29, 1.82) is 0 Å². The van der Waals surface area contributed by atoms with Gasteiger partial charge in [0, 0.05) is 31.3 Å². The average Bonchev–Trinajstić information content (AvgIpc) is 3.34. The van der Waals surface area contributed by atoms with Crippen molar-refractivity contribution in [2.75, 3.05) is 6.54 Å². The lowest BCUT2D eigenvalue weighted by molar-refractivity contribution is -0.143. The third-order valence-electron chi connectivity index (χ3n) is 5.24. The second-order valence-electron chi connectivity index (χ2n) is 8.46. The number of carbonyl (C=O) groups excluding carboxylic acids is 3. The minimum atomic E-state index is -1.62. The highest BCUT2D eigenvalue weighted by Crippen LogP contribution is 2.05. The van der Waals surface area contributed by atoms with Crippen molar-refractivity contribution >= 4 is 35.6 Å². The zero-order valence-corrected chi connectivity index (χ0v) is 20.8. The number of imidazole rings is 1. The molecule has 17 heteroatoms. The summed E-state index contributed by atoms with van der Waals surface area (Å²) in [7, 11) is 0. The standard InChI is InChI=1S/C21H35N9O8/c1-10(31)16(19(36)29-14(20(37)38)7-11-8-25-9-27-11)30-18(35)13(4-5-15(32)33)28-17(34)12(22)3-2-6-26-21(23)24/h8-10,12-14,16,31H,2-7,22H2,1H3,(H,25,27)(H,28,34)(H,29,36)(H,30,35)(H,32,33)(H,37,38)(H4,23,24,26). The first-order chi connectivity index (χ1) is 17.8. The number of hydrogen-bond acceptors (Lipinski definition) is 9. The number of carboxylic acid groups (broad SMARTS) is 2. The summed E-state index contributed by atoms with van der Waals surface area (Å²) in [6, 6.07) is -5.53. The maximum Gasteiger partial charge on any atom is 0.326 e. The first-order valence-corrected chi connectivity index (χ1v) is 11.6. The van der Waals surface area contributed by atoms with Crippen LogP contribution in [0, 0.1) is 0 Å². The van der Waals surface area contributed by atoms with Crippen molar-refractivity contribution in [3.05, 3.63) is 18.2 Å². The van der Waals surface area contributed by atoms with Gasteiger partial charge in [-0.1, -0.05) is 0 Å². The number of guanidine groups is 1. The van der Waals surface area contributed by atoms with E-state index in [1.165, 1.54) is 19.4 Å². The molecule has 0 bridgehead atoms. The van der Waals surface area contributed by atoms with Crippen LogP contribution in [0.5, 0.6) is 0 Å². The van der Waals surface area contributed by atoms with Gasteiger partial charge in [0.05, 0.1) is 18.5 Å². The van der Waals surface area contributed by atoms with Gasteiger partial charge in [-0.05, 0) is 26.2 Å². The van der Waals surface area contributed by atoms with Crippen molar-refractivity contribution in [2.24, 2.45) is 22.2 Å². The van der Waals surface area contributed by atoms with Crippen LogP contribution >= 0.6 is 0 Å². The van der Waals surface area contributed by atoms with Crippen LogP contribution in [-0.2, 0) is 30.4 Å². The van der Waals surface area contributed by atoms with E-state index >= 15 is 0 Å². The normalized spacial score (nSPS) is 14.7. The lowest BCUT2D eigenvalue weighted by atomic mass is 10.1. The van der Waals surface area contributed by atoms with Gasteiger partial charge in [0.15, 0.2) is 5.96 Å². The average molecular weight is 542 g/mol. The maximum atomic E-state index is 12.9. The summed E-state index contributed by atoms with van der Waals surface area (Å²) in [6.07, 6.45) is 0.726. The van der Waals surface area contributed by atoms with E-state index in [0.29, 0.717) is 12.1 Å². The number of carboxylic acids is 2. The van der Waals surface area contributed by atoms with Gasteiger partial charge in [0.25, 0.3) is 0 Å². The summed E-state index contributed by atoms with van der Waals surface area (Å²) in [5.74, 6) is -5.49. The fourth-order valence-corrected chi connectivity index (χ4v) is 3.20. The van der Waals surface area contributed by atoms with E-state index in [1.807, 2.05) is 0 Å². The Morgan fingerprint density at radius 3 is 2.21 bits per heavy atom. The predicted molar refractivity (Wildman–Crippen MR) is 132 cm³/mol. The molecule has 212 valence electrons. The summed E-state index contributed by atoms with van der Waals surface area (Å²) < 4.78 is 0. The Morgan fingerprint density at radius 2 is 1.68 bits per heavy atom. The van der Waals surface area contributed by atoms with Gasteiger partial charge in [-0.2, -0.15) is 0 Å². The van der Waals surface area contributed by atoms with Crippen LogP contribution in [0.3, 0.4) is 0 Å². The molecule has 5 atom stereocenters. The number of rotatable bonds is 17. The molecular formula is C21H35N9O8. The van der Waals surface area contributed by atoms with E-state index in [4.69, 9.17) is 22.3 Å². The number of amides is 3. The van der Waals surface area contributed by atoms with Gasteiger partial charge < -0.3 is 53.5 Å². The molecule has 0 spiro atoms. The molecule has 0 saturated carbocycles. The molecule has 1 aromatic rings. The quantitative estimate of drug-likeness (QED) is 0.0514. The Kier molecular flexibility index (Phi) is 13.2. The summed E-state index contributed by atoms with van der Waals surface area (Å²) in [5, 5.41) is 35.4. The Hall–Kier alpha value is -4.25. The van der Waals surface area contributed by atoms with E-state index in [9.17, 15) is 34.2 Å². The van der Waals surface area contributed by atoms with Gasteiger partial charge in [0.2, 0.25) is 17.7 Å².